The van der Waals surface area contributed by atoms with Crippen molar-refractivity contribution in [3.05, 3.63) is 29.8 Å². The molecule has 0 unspecified atom stereocenters. The van der Waals surface area contributed by atoms with Gasteiger partial charge in [-0.1, -0.05) is 19.1 Å². The van der Waals surface area contributed by atoms with Crippen molar-refractivity contribution >= 4 is 41.7 Å². The van der Waals surface area contributed by atoms with Gasteiger partial charge in [0, 0.05) is 48.0 Å². The predicted octanol–water partition coefficient (Wildman–Crippen LogP) is 4.23. The molecule has 5 heteroatoms. The largest absolute Gasteiger partial charge is 0.301 e. The van der Waals surface area contributed by atoms with Crippen LogP contribution in [-0.4, -0.2) is 47.6 Å². The van der Waals surface area contributed by atoms with Crippen LogP contribution in [-0.2, 0) is 0 Å². The van der Waals surface area contributed by atoms with E-state index in [0.717, 1.165) is 31.0 Å². The molecule has 0 bridgehead atoms. The summed E-state index contributed by atoms with van der Waals surface area (Å²) in [6, 6.07) is 8.11. The van der Waals surface area contributed by atoms with E-state index in [0.29, 0.717) is 6.42 Å². The summed E-state index contributed by atoms with van der Waals surface area (Å²) in [6.45, 7) is 5.35. The third-order valence-corrected chi connectivity index (χ3v) is 5.57. The predicted molar refractivity (Wildman–Crippen MR) is 97.4 cm³/mol. The molecule has 0 spiro atoms. The van der Waals surface area contributed by atoms with Crippen molar-refractivity contribution in [2.75, 3.05) is 36.9 Å². The van der Waals surface area contributed by atoms with E-state index in [1.165, 1.54) is 22.8 Å². The average molecular weight is 346 g/mol. The number of carbonyl (C=O) groups is 1. The van der Waals surface area contributed by atoms with E-state index in [-0.39, 0.29) is 18.2 Å². The fourth-order valence-electron chi connectivity index (χ4n) is 2.19. The number of hydrogen-bond donors (Lipinski definition) is 0. The molecule has 0 atom stereocenters. The van der Waals surface area contributed by atoms with Gasteiger partial charge >= 0.3 is 0 Å². The van der Waals surface area contributed by atoms with Gasteiger partial charge in [-0.05, 0) is 24.3 Å². The Labute approximate surface area is 142 Å². The first-order valence-electron chi connectivity index (χ1n) is 7.35. The SMILES string of the molecule is CCCSc1ccc(C(=O)CCN2CCSCC2)cc1.Cl. The van der Waals surface area contributed by atoms with E-state index in [2.05, 4.69) is 24.0 Å². The van der Waals surface area contributed by atoms with Crippen LogP contribution in [0.25, 0.3) is 0 Å². The quantitative estimate of drug-likeness (QED) is 0.544. The molecule has 1 aromatic carbocycles. The summed E-state index contributed by atoms with van der Waals surface area (Å²) < 4.78 is 0. The number of thioether (sulfide) groups is 2. The van der Waals surface area contributed by atoms with E-state index in [1.54, 1.807) is 0 Å². The minimum atomic E-state index is 0. The highest BCUT2D eigenvalue weighted by Crippen LogP contribution is 2.19. The van der Waals surface area contributed by atoms with Crippen LogP contribution >= 0.6 is 35.9 Å². The van der Waals surface area contributed by atoms with Gasteiger partial charge in [0.15, 0.2) is 5.78 Å². The molecule has 0 aliphatic carbocycles. The minimum Gasteiger partial charge on any atom is -0.301 e. The third kappa shape index (κ3) is 6.64. The molecule has 118 valence electrons. The van der Waals surface area contributed by atoms with Crippen molar-refractivity contribution in [1.82, 2.24) is 4.90 Å². The Hall–Kier alpha value is -0.160. The molecule has 0 radical (unpaired) electrons. The third-order valence-electron chi connectivity index (χ3n) is 3.41. The summed E-state index contributed by atoms with van der Waals surface area (Å²) >= 11 is 3.86. The molecule has 1 aromatic rings. The van der Waals surface area contributed by atoms with Crippen LogP contribution < -0.4 is 0 Å². The highest BCUT2D eigenvalue weighted by atomic mass is 35.5. The Bertz CT molecular complexity index is 419. The van der Waals surface area contributed by atoms with Crippen LogP contribution in [0.15, 0.2) is 29.2 Å². The van der Waals surface area contributed by atoms with Gasteiger partial charge in [-0.2, -0.15) is 11.8 Å². The van der Waals surface area contributed by atoms with Crippen LogP contribution in [0, 0.1) is 0 Å². The van der Waals surface area contributed by atoms with Crippen molar-refractivity contribution in [2.24, 2.45) is 0 Å². The highest BCUT2D eigenvalue weighted by Gasteiger charge is 2.12. The minimum absolute atomic E-state index is 0. The second-order valence-electron chi connectivity index (χ2n) is 5.00. The van der Waals surface area contributed by atoms with Crippen LogP contribution in [0.5, 0.6) is 0 Å². The van der Waals surface area contributed by atoms with Crippen LogP contribution in [0.3, 0.4) is 0 Å². The molecular weight excluding hydrogens is 322 g/mol. The van der Waals surface area contributed by atoms with E-state index in [9.17, 15) is 4.79 Å². The number of rotatable bonds is 7. The number of carbonyl (C=O) groups excluding carboxylic acids is 1. The Balaban J connectivity index is 0.00000220. The zero-order valence-corrected chi connectivity index (χ0v) is 15.0. The number of ketones is 1. The fourth-order valence-corrected chi connectivity index (χ4v) is 3.93. The first kappa shape index (κ1) is 18.9. The first-order valence-corrected chi connectivity index (χ1v) is 9.50. The summed E-state index contributed by atoms with van der Waals surface area (Å²) in [5.41, 5.74) is 0.859. The Morgan fingerprint density at radius 3 is 2.52 bits per heavy atom. The molecular formula is C16H24ClNOS2. The molecule has 1 saturated heterocycles. The number of Topliss-reactive ketones (excluding diaryl/α,β-unsaturated/α-hetero) is 1. The second-order valence-corrected chi connectivity index (χ2v) is 7.39. The molecule has 1 fully saturated rings. The lowest BCUT2D eigenvalue weighted by atomic mass is 10.1. The highest BCUT2D eigenvalue weighted by molar-refractivity contribution is 7.99. The summed E-state index contributed by atoms with van der Waals surface area (Å²) in [4.78, 5) is 15.8. The van der Waals surface area contributed by atoms with Gasteiger partial charge in [0.25, 0.3) is 0 Å². The zero-order valence-electron chi connectivity index (χ0n) is 12.5. The first-order chi connectivity index (χ1) is 9.79. The van der Waals surface area contributed by atoms with E-state index in [1.807, 2.05) is 35.7 Å². The van der Waals surface area contributed by atoms with Crippen molar-refractivity contribution < 1.29 is 4.79 Å². The molecule has 0 saturated carbocycles. The molecule has 0 amide bonds. The van der Waals surface area contributed by atoms with Gasteiger partial charge in [0.05, 0.1) is 0 Å². The Morgan fingerprint density at radius 1 is 1.24 bits per heavy atom. The van der Waals surface area contributed by atoms with Gasteiger partial charge in [-0.15, -0.1) is 24.2 Å². The van der Waals surface area contributed by atoms with Crippen molar-refractivity contribution in [3.8, 4) is 0 Å². The molecule has 1 aliphatic rings. The molecule has 1 aliphatic heterocycles. The van der Waals surface area contributed by atoms with Crippen molar-refractivity contribution in [2.45, 2.75) is 24.7 Å². The molecule has 21 heavy (non-hydrogen) atoms. The topological polar surface area (TPSA) is 20.3 Å². The average Bonchev–Trinajstić information content (AvgIpc) is 2.52. The monoisotopic (exact) mass is 345 g/mol. The lowest BCUT2D eigenvalue weighted by Crippen LogP contribution is -2.34. The Morgan fingerprint density at radius 2 is 1.90 bits per heavy atom. The van der Waals surface area contributed by atoms with Gasteiger partial charge in [-0.3, -0.25) is 4.79 Å². The lowest BCUT2D eigenvalue weighted by molar-refractivity contribution is 0.0966. The fraction of sp³-hybridized carbons (Fsp3) is 0.562. The van der Waals surface area contributed by atoms with Crippen LogP contribution in [0.1, 0.15) is 30.1 Å². The summed E-state index contributed by atoms with van der Waals surface area (Å²) in [5.74, 6) is 3.82. The maximum absolute atomic E-state index is 12.2. The summed E-state index contributed by atoms with van der Waals surface area (Å²) in [7, 11) is 0. The number of hydrogen-bond acceptors (Lipinski definition) is 4. The van der Waals surface area contributed by atoms with E-state index >= 15 is 0 Å². The number of nitrogens with zero attached hydrogens (tertiary/aromatic N) is 1. The standard InChI is InChI=1S/C16H23NOS2.ClH/c1-2-11-20-15-5-3-14(4-6-15)16(18)7-8-17-9-12-19-13-10-17;/h3-6H,2,7-13H2,1H3;1H. The van der Waals surface area contributed by atoms with E-state index in [4.69, 9.17) is 0 Å². The normalized spacial score (nSPS) is 15.5. The van der Waals surface area contributed by atoms with Crippen LogP contribution in [0.4, 0.5) is 0 Å². The Kier molecular flexibility index (Phi) is 9.49. The smallest absolute Gasteiger partial charge is 0.164 e. The van der Waals surface area contributed by atoms with Gasteiger partial charge in [0.1, 0.15) is 0 Å². The lowest BCUT2D eigenvalue weighted by Gasteiger charge is -2.25. The van der Waals surface area contributed by atoms with Crippen molar-refractivity contribution in [3.63, 3.8) is 0 Å². The van der Waals surface area contributed by atoms with E-state index < -0.39 is 0 Å². The summed E-state index contributed by atoms with van der Waals surface area (Å²) in [6.07, 6.45) is 1.82. The number of halogens is 1. The summed E-state index contributed by atoms with van der Waals surface area (Å²) in [5, 5.41) is 0. The molecule has 0 aromatic heterocycles. The molecule has 2 rings (SSSR count). The van der Waals surface area contributed by atoms with Gasteiger partial charge in [0.2, 0.25) is 0 Å². The molecule has 1 heterocycles. The maximum atomic E-state index is 12.2. The number of benzene rings is 1. The zero-order chi connectivity index (χ0) is 14.2. The van der Waals surface area contributed by atoms with Gasteiger partial charge < -0.3 is 4.90 Å². The van der Waals surface area contributed by atoms with Crippen molar-refractivity contribution in [1.29, 1.82) is 0 Å². The van der Waals surface area contributed by atoms with Gasteiger partial charge in [-0.25, -0.2) is 0 Å². The molecule has 0 N–H and O–H groups in total. The molecule has 2 nitrogen and oxygen atoms in total. The van der Waals surface area contributed by atoms with Crippen LogP contribution in [0.2, 0.25) is 0 Å². The maximum Gasteiger partial charge on any atom is 0.164 e. The second kappa shape index (κ2) is 10.5.